The maximum atomic E-state index is 4.62. The summed E-state index contributed by atoms with van der Waals surface area (Å²) in [5.74, 6) is 0. The molecule has 4 N–H and O–H groups in total. The summed E-state index contributed by atoms with van der Waals surface area (Å²) >= 11 is 4.09. The van der Waals surface area contributed by atoms with Gasteiger partial charge in [-0.05, 0) is 39.9 Å². The monoisotopic (exact) mass is 160 g/mol. The fourth-order valence-corrected chi connectivity index (χ4v) is 0. The van der Waals surface area contributed by atoms with E-state index in [4.69, 9.17) is 0 Å². The van der Waals surface area contributed by atoms with E-state index in [1.165, 1.54) is 11.1 Å². The van der Waals surface area contributed by atoms with Crippen LogP contribution >= 0.6 is 12.2 Å². The molecule has 10 heavy (non-hydrogen) atoms. The quantitative estimate of drug-likeness (QED) is 0.417. The Kier molecular flexibility index (Phi) is 7.95. The van der Waals surface area contributed by atoms with Gasteiger partial charge in [0.25, 0.3) is 0 Å². The van der Waals surface area contributed by atoms with Crippen molar-refractivity contribution in [1.29, 1.82) is 0 Å². The molecule has 0 aromatic carbocycles. The van der Waals surface area contributed by atoms with Crippen molar-refractivity contribution in [2.75, 3.05) is 0 Å². The van der Waals surface area contributed by atoms with Gasteiger partial charge in [-0.2, -0.15) is 0 Å². The van der Waals surface area contributed by atoms with Crippen molar-refractivity contribution in [2.45, 2.75) is 27.7 Å². The lowest BCUT2D eigenvalue weighted by atomic mass is 10.2. The summed E-state index contributed by atoms with van der Waals surface area (Å²) in [5, 5.41) is 0.000000000000000222. The number of allylic oxidation sites excluding steroid dienone is 2. The van der Waals surface area contributed by atoms with Gasteiger partial charge in [0.1, 0.15) is 0 Å². The van der Waals surface area contributed by atoms with Crippen LogP contribution in [0.1, 0.15) is 27.7 Å². The molecule has 2 nitrogen and oxygen atoms in total. The van der Waals surface area contributed by atoms with Crippen LogP contribution in [0, 0.1) is 0 Å². The SMILES string of the molecule is CC(C)=C(C)C.NC(N)=S. The Hall–Kier alpha value is -0.570. The Morgan fingerprint density at radius 3 is 1.00 bits per heavy atom. The first kappa shape index (κ1) is 12.1. The number of hydrogen-bond acceptors (Lipinski definition) is 1. The highest BCUT2D eigenvalue weighted by atomic mass is 32.1. The summed E-state index contributed by atoms with van der Waals surface area (Å²) in [5.41, 5.74) is 12.1. The van der Waals surface area contributed by atoms with E-state index in [-0.39, 0.29) is 5.11 Å². The molecule has 0 radical (unpaired) electrons. The molecular weight excluding hydrogens is 144 g/mol. The van der Waals surface area contributed by atoms with E-state index in [0.717, 1.165) is 0 Å². The molecule has 0 saturated carbocycles. The molecule has 0 fully saturated rings. The average molecular weight is 160 g/mol. The molecule has 0 unspecified atom stereocenters. The van der Waals surface area contributed by atoms with Gasteiger partial charge in [0.15, 0.2) is 5.11 Å². The van der Waals surface area contributed by atoms with Crippen LogP contribution in [0.3, 0.4) is 0 Å². The lowest BCUT2D eigenvalue weighted by Gasteiger charge is -1.88. The minimum atomic E-state index is 0.000000000000000222. The van der Waals surface area contributed by atoms with Crippen molar-refractivity contribution in [1.82, 2.24) is 0 Å². The first-order chi connectivity index (χ1) is 4.37. The molecule has 0 aliphatic carbocycles. The third kappa shape index (κ3) is 26.1. The molecule has 0 saturated heterocycles. The molecule has 0 heterocycles. The maximum absolute atomic E-state index is 4.62. The van der Waals surface area contributed by atoms with E-state index in [2.05, 4.69) is 51.4 Å². The number of rotatable bonds is 0. The summed E-state index contributed by atoms with van der Waals surface area (Å²) in [6, 6.07) is 0. The number of thiocarbonyl (C=S) groups is 1. The molecular formula is C7H16N2S. The van der Waals surface area contributed by atoms with Crippen molar-refractivity contribution in [2.24, 2.45) is 11.5 Å². The van der Waals surface area contributed by atoms with Crippen LogP contribution in [0.25, 0.3) is 0 Å². The predicted molar refractivity (Wildman–Crippen MR) is 50.7 cm³/mol. The van der Waals surface area contributed by atoms with Gasteiger partial charge >= 0.3 is 0 Å². The first-order valence-electron chi connectivity index (χ1n) is 3.03. The van der Waals surface area contributed by atoms with Gasteiger partial charge in [0, 0.05) is 0 Å². The fourth-order valence-electron chi connectivity index (χ4n) is 0. The van der Waals surface area contributed by atoms with Crippen molar-refractivity contribution in [3.05, 3.63) is 11.1 Å². The Balaban J connectivity index is 0. The van der Waals surface area contributed by atoms with Crippen LogP contribution in [0.15, 0.2) is 11.1 Å². The van der Waals surface area contributed by atoms with E-state index >= 15 is 0 Å². The highest BCUT2D eigenvalue weighted by Crippen LogP contribution is 1.96. The molecule has 0 spiro atoms. The third-order valence-corrected chi connectivity index (χ3v) is 1.00. The van der Waals surface area contributed by atoms with Gasteiger partial charge in [-0.3, -0.25) is 0 Å². The standard InChI is InChI=1S/C6H12.CH4N2S/c1-5(2)6(3)4;2-1(3)4/h1-4H3;(H4,2,3,4). The Labute approximate surface area is 68.3 Å². The normalized spacial score (nSPS) is 7.20. The van der Waals surface area contributed by atoms with Crippen LogP contribution in [0.5, 0.6) is 0 Å². The smallest absolute Gasteiger partial charge is 0.160 e. The number of nitrogens with two attached hydrogens (primary N) is 2. The summed E-state index contributed by atoms with van der Waals surface area (Å²) in [6.07, 6.45) is 0. The van der Waals surface area contributed by atoms with Gasteiger partial charge in [0.2, 0.25) is 0 Å². The second-order valence-corrected chi connectivity index (χ2v) is 2.87. The third-order valence-electron chi connectivity index (χ3n) is 1.00. The lowest BCUT2D eigenvalue weighted by Crippen LogP contribution is -2.18. The van der Waals surface area contributed by atoms with Crippen molar-refractivity contribution in [3.8, 4) is 0 Å². The highest BCUT2D eigenvalue weighted by Gasteiger charge is 1.75. The fraction of sp³-hybridized carbons (Fsp3) is 0.571. The minimum absolute atomic E-state index is 0.000000000000000222. The highest BCUT2D eigenvalue weighted by molar-refractivity contribution is 7.80. The Bertz CT molecular complexity index is 117. The summed E-state index contributed by atoms with van der Waals surface area (Å²) in [4.78, 5) is 0. The largest absolute Gasteiger partial charge is 0.377 e. The molecule has 60 valence electrons. The van der Waals surface area contributed by atoms with Gasteiger partial charge in [0.05, 0.1) is 0 Å². The molecule has 0 aromatic heterocycles. The minimum Gasteiger partial charge on any atom is -0.377 e. The van der Waals surface area contributed by atoms with Gasteiger partial charge < -0.3 is 11.5 Å². The maximum Gasteiger partial charge on any atom is 0.160 e. The van der Waals surface area contributed by atoms with Crippen LogP contribution in [-0.4, -0.2) is 5.11 Å². The molecule has 0 aromatic rings. The van der Waals surface area contributed by atoms with Crippen LogP contribution in [-0.2, 0) is 0 Å². The first-order valence-corrected chi connectivity index (χ1v) is 3.44. The van der Waals surface area contributed by atoms with Crippen LogP contribution in [0.4, 0.5) is 0 Å². The molecule has 3 heteroatoms. The van der Waals surface area contributed by atoms with Crippen molar-refractivity contribution >= 4 is 17.3 Å². The average Bonchev–Trinajstić information content (AvgIpc) is 1.63. The van der Waals surface area contributed by atoms with Crippen molar-refractivity contribution < 1.29 is 0 Å². The second kappa shape index (κ2) is 6.55. The second-order valence-electron chi connectivity index (χ2n) is 2.40. The van der Waals surface area contributed by atoms with Crippen molar-refractivity contribution in [3.63, 3.8) is 0 Å². The molecule has 0 atom stereocenters. The van der Waals surface area contributed by atoms with Crippen LogP contribution in [0.2, 0.25) is 0 Å². The Morgan fingerprint density at radius 1 is 0.900 bits per heavy atom. The summed E-state index contributed by atoms with van der Waals surface area (Å²) in [6.45, 7) is 8.48. The molecule has 0 bridgehead atoms. The molecule has 0 aliphatic rings. The topological polar surface area (TPSA) is 52.0 Å². The van der Waals surface area contributed by atoms with Crippen LogP contribution < -0.4 is 11.5 Å². The van der Waals surface area contributed by atoms with Gasteiger partial charge in [-0.25, -0.2) is 0 Å². The summed E-state index contributed by atoms with van der Waals surface area (Å²) in [7, 11) is 0. The van der Waals surface area contributed by atoms with E-state index < -0.39 is 0 Å². The Morgan fingerprint density at radius 2 is 1.00 bits per heavy atom. The van der Waals surface area contributed by atoms with Gasteiger partial charge in [-0.15, -0.1) is 0 Å². The lowest BCUT2D eigenvalue weighted by molar-refractivity contribution is 1.23. The zero-order chi connectivity index (χ0) is 8.73. The van der Waals surface area contributed by atoms with E-state index in [9.17, 15) is 0 Å². The molecule has 0 rings (SSSR count). The summed E-state index contributed by atoms with van der Waals surface area (Å²) < 4.78 is 0. The predicted octanol–water partition coefficient (Wildman–Crippen LogP) is 1.55. The van der Waals surface area contributed by atoms with E-state index in [1.54, 1.807) is 0 Å². The van der Waals surface area contributed by atoms with E-state index in [1.807, 2.05) is 0 Å². The van der Waals surface area contributed by atoms with Gasteiger partial charge in [-0.1, -0.05) is 11.1 Å². The number of hydrogen-bond donors (Lipinski definition) is 2. The molecule has 0 aliphatic heterocycles. The zero-order valence-corrected chi connectivity index (χ0v) is 7.88. The molecule has 0 amide bonds. The zero-order valence-electron chi connectivity index (χ0n) is 7.06. The van der Waals surface area contributed by atoms with E-state index in [0.29, 0.717) is 0 Å².